The van der Waals surface area contributed by atoms with Crippen LogP contribution < -0.4 is 10.6 Å². The number of aryl methyl sites for hydroxylation is 1. The summed E-state index contributed by atoms with van der Waals surface area (Å²) in [5.74, 6) is 2.45. The number of allylic oxidation sites excluding steroid dienone is 2. The number of carbonyl (C=O) groups is 1. The molecule has 2 aromatic carbocycles. The fourth-order valence-corrected chi connectivity index (χ4v) is 16.9. The molecular formula is C45H69IrN2O3Si2-. The maximum atomic E-state index is 11.7. The summed E-state index contributed by atoms with van der Waals surface area (Å²) < 4.78 is 7.02. The van der Waals surface area contributed by atoms with Crippen molar-refractivity contribution in [3.05, 3.63) is 60.1 Å². The topological polar surface area (TPSA) is 76.2 Å². The molecule has 1 radical (unpaired) electrons. The summed E-state index contributed by atoms with van der Waals surface area (Å²) in [6.07, 6.45) is 6.63. The van der Waals surface area contributed by atoms with E-state index in [9.17, 15) is 9.90 Å². The average Bonchev–Trinajstić information content (AvgIpc) is 3.41. The van der Waals surface area contributed by atoms with Crippen LogP contribution in [0.25, 0.3) is 33.1 Å². The van der Waals surface area contributed by atoms with E-state index in [4.69, 9.17) is 14.4 Å². The number of furan rings is 1. The molecule has 0 atom stereocenters. The minimum atomic E-state index is -1.93. The number of ketones is 1. The van der Waals surface area contributed by atoms with E-state index < -0.39 is 16.1 Å². The summed E-state index contributed by atoms with van der Waals surface area (Å²) >= 11 is 0. The van der Waals surface area contributed by atoms with Gasteiger partial charge in [0.15, 0.2) is 5.78 Å². The Hall–Kier alpha value is -2.39. The van der Waals surface area contributed by atoms with E-state index in [0.717, 1.165) is 53.4 Å². The number of benzene rings is 2. The molecule has 4 rings (SSSR count). The molecule has 8 heteroatoms. The number of nitrogens with zero attached hydrogens (tertiary/aromatic N) is 2. The molecule has 0 amide bonds. The van der Waals surface area contributed by atoms with Crippen molar-refractivity contribution in [3.8, 4) is 11.3 Å². The largest absolute Gasteiger partial charge is 0.512 e. The predicted octanol–water partition coefficient (Wildman–Crippen LogP) is 12.2. The van der Waals surface area contributed by atoms with Gasteiger partial charge < -0.3 is 9.52 Å². The van der Waals surface area contributed by atoms with Crippen molar-refractivity contribution in [1.29, 1.82) is 0 Å². The van der Waals surface area contributed by atoms with Crippen LogP contribution in [0.4, 0.5) is 0 Å². The average molecular weight is 934 g/mol. The Morgan fingerprint density at radius 2 is 1.38 bits per heavy atom. The zero-order valence-electron chi connectivity index (χ0n) is 35.4. The van der Waals surface area contributed by atoms with Gasteiger partial charge in [-0.3, -0.25) is 9.78 Å². The van der Waals surface area contributed by atoms with Crippen LogP contribution in [0.3, 0.4) is 0 Å². The Labute approximate surface area is 337 Å². The molecule has 0 saturated heterocycles. The number of aliphatic hydroxyl groups is 1. The van der Waals surface area contributed by atoms with Crippen LogP contribution in [0.1, 0.15) is 100 Å². The van der Waals surface area contributed by atoms with E-state index in [1.165, 1.54) is 45.7 Å². The third-order valence-corrected chi connectivity index (χ3v) is 18.8. The van der Waals surface area contributed by atoms with Gasteiger partial charge in [-0.05, 0) is 68.5 Å². The fourth-order valence-electron chi connectivity index (χ4n) is 8.35. The van der Waals surface area contributed by atoms with Gasteiger partial charge in [-0.15, -0.1) is 28.8 Å². The first kappa shape index (κ1) is 46.8. The van der Waals surface area contributed by atoms with Crippen molar-refractivity contribution in [2.45, 2.75) is 140 Å². The number of fused-ring (bicyclic) bond motifs is 2. The molecule has 0 spiro atoms. The molecule has 0 saturated carbocycles. The van der Waals surface area contributed by atoms with Gasteiger partial charge in [0, 0.05) is 43.6 Å². The Bertz CT molecular complexity index is 1770. The van der Waals surface area contributed by atoms with E-state index in [2.05, 4.69) is 105 Å². The number of rotatable bonds is 16. The number of carbonyl (C=O) groups excluding carboxylic acids is 1. The van der Waals surface area contributed by atoms with Gasteiger partial charge in [0.2, 0.25) is 0 Å². The molecule has 0 aliphatic heterocycles. The molecule has 5 nitrogen and oxygen atoms in total. The summed E-state index contributed by atoms with van der Waals surface area (Å²) in [7, 11) is -3.54. The SMILES string of the molecule is CCC(CC)C(=O)/C=C(\O)C(CC)CC.Cc1c([Si](CC(C)C)(CC(C)C)CC(C)C)oc2c(-c3[c-]c4ccccc4c([Si](C)(C)C)c3)ncnc12.[Ir]. The first-order valence-electron chi connectivity index (χ1n) is 20.1. The van der Waals surface area contributed by atoms with Gasteiger partial charge in [-0.25, -0.2) is 4.98 Å². The molecular weight excluding hydrogens is 865 g/mol. The number of hydrogen-bond donors (Lipinski definition) is 1. The molecule has 53 heavy (non-hydrogen) atoms. The molecule has 295 valence electrons. The van der Waals surface area contributed by atoms with Crippen LogP contribution in [0.15, 0.2) is 52.9 Å². The van der Waals surface area contributed by atoms with E-state index in [1.807, 2.05) is 27.7 Å². The summed E-state index contributed by atoms with van der Waals surface area (Å²) in [6, 6.07) is 18.4. The second-order valence-electron chi connectivity index (χ2n) is 17.4. The Kier molecular flexibility index (Phi) is 18.1. The number of hydrogen-bond acceptors (Lipinski definition) is 5. The maximum Gasteiger partial charge on any atom is 0.162 e. The van der Waals surface area contributed by atoms with Crippen molar-refractivity contribution in [1.82, 2.24) is 9.97 Å². The smallest absolute Gasteiger partial charge is 0.162 e. The van der Waals surface area contributed by atoms with Gasteiger partial charge in [0.25, 0.3) is 0 Å². The van der Waals surface area contributed by atoms with Gasteiger partial charge >= 0.3 is 0 Å². The second-order valence-corrected chi connectivity index (χ2v) is 26.7. The van der Waals surface area contributed by atoms with Crippen LogP contribution in [0, 0.1) is 42.6 Å². The second kappa shape index (κ2) is 20.5. The molecule has 0 unspecified atom stereocenters. The maximum absolute atomic E-state index is 11.7. The number of aliphatic hydroxyl groups excluding tert-OH is 1. The van der Waals surface area contributed by atoms with Gasteiger partial charge in [-0.2, -0.15) is 0 Å². The molecule has 2 heterocycles. The summed E-state index contributed by atoms with van der Waals surface area (Å²) in [5, 5.41) is 14.9. The molecule has 0 fully saturated rings. The van der Waals surface area contributed by atoms with Gasteiger partial charge in [-0.1, -0.05) is 118 Å². The standard InChI is InChI=1S/C32H45N2OSi2.C13H24O2.Ir/c1-21(2)17-37(18-22(3)4,19-23(5)6)32-24(7)29-31(35-32)30(34-20-33-29)26-15-25-13-11-12-14-27(25)28(16-26)36(8,9)10;1-5-10(6-2)12(14)9-13(15)11(7-3)8-4;/h11-14,16,20-23H,17-19H2,1-10H3;9-11,14H,5-8H2,1-4H3;/q-1;;/b;12-9-;. The van der Waals surface area contributed by atoms with Crippen LogP contribution in [0.2, 0.25) is 37.8 Å². The quantitative estimate of drug-likeness (QED) is 0.0524. The zero-order valence-corrected chi connectivity index (χ0v) is 39.8. The van der Waals surface area contributed by atoms with Crippen LogP contribution in [0.5, 0.6) is 0 Å². The summed E-state index contributed by atoms with van der Waals surface area (Å²) in [5.41, 5.74) is 4.96. The summed E-state index contributed by atoms with van der Waals surface area (Å²) in [4.78, 5) is 21.3. The van der Waals surface area contributed by atoms with Crippen LogP contribution >= 0.6 is 0 Å². The molecule has 4 aromatic rings. The van der Waals surface area contributed by atoms with Crippen LogP contribution in [-0.4, -0.2) is 37.0 Å². The molecule has 0 aliphatic rings. The van der Waals surface area contributed by atoms with Crippen LogP contribution in [-0.2, 0) is 24.9 Å². The summed E-state index contributed by atoms with van der Waals surface area (Å²) in [6.45, 7) is 31.7. The molecule has 0 bridgehead atoms. The van der Waals surface area contributed by atoms with Crippen molar-refractivity contribution in [2.24, 2.45) is 29.6 Å². The zero-order chi connectivity index (χ0) is 39.0. The fraction of sp³-hybridized carbons (Fsp3) is 0.578. The Morgan fingerprint density at radius 3 is 1.87 bits per heavy atom. The third kappa shape index (κ3) is 11.8. The van der Waals surface area contributed by atoms with E-state index in [-0.39, 0.29) is 43.5 Å². The monoisotopic (exact) mass is 934 g/mol. The predicted molar refractivity (Wildman–Crippen MR) is 229 cm³/mol. The minimum Gasteiger partial charge on any atom is -0.512 e. The van der Waals surface area contributed by atoms with Gasteiger partial charge in [0.1, 0.15) is 25.5 Å². The first-order chi connectivity index (χ1) is 24.4. The Morgan fingerprint density at radius 1 is 0.849 bits per heavy atom. The molecule has 1 N–H and O–H groups in total. The van der Waals surface area contributed by atoms with E-state index in [1.54, 1.807) is 6.33 Å². The molecule has 2 aromatic heterocycles. The van der Waals surface area contributed by atoms with Crippen molar-refractivity contribution in [3.63, 3.8) is 0 Å². The number of aromatic nitrogens is 2. The normalized spacial score (nSPS) is 12.7. The first-order valence-corrected chi connectivity index (χ1v) is 26.2. The van der Waals surface area contributed by atoms with Gasteiger partial charge in [0.05, 0.1) is 24.9 Å². The van der Waals surface area contributed by atoms with Crippen molar-refractivity contribution in [2.75, 3.05) is 0 Å². The van der Waals surface area contributed by atoms with E-state index >= 15 is 0 Å². The molecule has 0 aliphatic carbocycles. The Balaban J connectivity index is 0.000000516. The minimum absolute atomic E-state index is 0. The third-order valence-electron chi connectivity index (χ3n) is 10.5. The van der Waals surface area contributed by atoms with E-state index in [0.29, 0.717) is 17.8 Å². The van der Waals surface area contributed by atoms with Crippen molar-refractivity contribution < 1.29 is 34.4 Å². The van der Waals surface area contributed by atoms with Crippen molar-refractivity contribution >= 4 is 54.4 Å².